The van der Waals surface area contributed by atoms with Crippen LogP contribution in [0, 0.1) is 12.7 Å². The second kappa shape index (κ2) is 7.61. The number of rotatable bonds is 5. The smallest absolute Gasteiger partial charge is 0.137 e. The van der Waals surface area contributed by atoms with E-state index in [-0.39, 0.29) is 11.9 Å². The number of benzene rings is 2. The van der Waals surface area contributed by atoms with Gasteiger partial charge in [0.15, 0.2) is 0 Å². The molecule has 2 rings (SSSR count). The highest BCUT2D eigenvalue weighted by Gasteiger charge is 2.15. The van der Waals surface area contributed by atoms with Crippen LogP contribution in [0.25, 0.3) is 0 Å². The fourth-order valence-corrected chi connectivity index (χ4v) is 2.71. The third kappa shape index (κ3) is 3.78. The van der Waals surface area contributed by atoms with Crippen molar-refractivity contribution in [1.82, 2.24) is 0 Å². The third-order valence-electron chi connectivity index (χ3n) is 3.29. The first-order valence-corrected chi connectivity index (χ1v) is 7.89. The molecule has 2 aromatic carbocycles. The summed E-state index contributed by atoms with van der Waals surface area (Å²) < 4.78 is 19.2. The molecule has 0 N–H and O–H groups in total. The largest absolute Gasteiger partial charge is 0.496 e. The van der Waals surface area contributed by atoms with Crippen molar-refractivity contribution >= 4 is 39.7 Å². The second-order valence-corrected chi connectivity index (χ2v) is 5.87. The Morgan fingerprint density at radius 2 is 1.91 bits per heavy atom. The van der Waals surface area contributed by atoms with Crippen LogP contribution in [0.5, 0.6) is 5.75 Å². The van der Waals surface area contributed by atoms with Crippen molar-refractivity contribution in [3.63, 3.8) is 0 Å². The highest BCUT2D eigenvalue weighted by Crippen LogP contribution is 2.31. The number of aryl methyl sites for hydroxylation is 1. The van der Waals surface area contributed by atoms with E-state index in [0.717, 1.165) is 22.4 Å². The molecule has 0 fully saturated rings. The topological polar surface area (TPSA) is 21.6 Å². The van der Waals surface area contributed by atoms with E-state index in [1.165, 1.54) is 11.4 Å². The maximum Gasteiger partial charge on any atom is 0.137 e. The molecule has 2 nitrogen and oxygen atoms in total. The summed E-state index contributed by atoms with van der Waals surface area (Å²) in [6.45, 7) is 1.98. The third-order valence-corrected chi connectivity index (χ3v) is 4.02. The zero-order valence-corrected chi connectivity index (χ0v) is 14.6. The number of halogens is 2. The van der Waals surface area contributed by atoms with E-state index < -0.39 is 0 Å². The molecule has 0 aliphatic rings. The summed E-state index contributed by atoms with van der Waals surface area (Å²) in [6, 6.07) is 10.5. The van der Waals surface area contributed by atoms with Crippen molar-refractivity contribution in [2.75, 3.05) is 7.11 Å². The van der Waals surface area contributed by atoms with Gasteiger partial charge < -0.3 is 4.74 Å². The van der Waals surface area contributed by atoms with Gasteiger partial charge in [0, 0.05) is 11.6 Å². The van der Waals surface area contributed by atoms with Gasteiger partial charge in [-0.15, -0.1) is 0 Å². The molecule has 0 aromatic heterocycles. The first-order valence-electron chi connectivity index (χ1n) is 6.63. The SMILES string of the molecule is COc1ccc(C(N=CC=S)c2ccc(F)c(Br)c2)cc1C. The summed E-state index contributed by atoms with van der Waals surface area (Å²) in [5.74, 6) is 0.522. The van der Waals surface area contributed by atoms with Gasteiger partial charge >= 0.3 is 0 Å². The van der Waals surface area contributed by atoms with Crippen LogP contribution in [0.1, 0.15) is 22.7 Å². The Bertz CT molecular complexity index is 718. The van der Waals surface area contributed by atoms with Crippen LogP contribution in [0.4, 0.5) is 4.39 Å². The van der Waals surface area contributed by atoms with Crippen molar-refractivity contribution in [3.8, 4) is 5.75 Å². The van der Waals surface area contributed by atoms with E-state index >= 15 is 0 Å². The number of thiocarbonyl (C=S) groups is 1. The predicted molar refractivity (Wildman–Crippen MR) is 95.8 cm³/mol. The summed E-state index contributed by atoms with van der Waals surface area (Å²) >= 11 is 8.04. The maximum atomic E-state index is 13.5. The average Bonchev–Trinajstić information content (AvgIpc) is 2.51. The first-order chi connectivity index (χ1) is 10.6. The summed E-state index contributed by atoms with van der Waals surface area (Å²) in [6.07, 6.45) is 1.58. The van der Waals surface area contributed by atoms with Gasteiger partial charge in [-0.2, -0.15) is 0 Å². The van der Waals surface area contributed by atoms with Crippen LogP contribution in [0.3, 0.4) is 0 Å². The van der Waals surface area contributed by atoms with Crippen LogP contribution in [-0.4, -0.2) is 18.7 Å². The fourth-order valence-electron chi connectivity index (χ4n) is 2.24. The van der Waals surface area contributed by atoms with Crippen molar-refractivity contribution < 1.29 is 9.13 Å². The van der Waals surface area contributed by atoms with E-state index in [1.54, 1.807) is 25.5 Å². The molecule has 1 unspecified atom stereocenters. The van der Waals surface area contributed by atoms with Gasteiger partial charge in [0.2, 0.25) is 0 Å². The Hall–Kier alpha value is -1.59. The molecule has 0 bridgehead atoms. The highest BCUT2D eigenvalue weighted by molar-refractivity contribution is 9.10. The summed E-state index contributed by atoms with van der Waals surface area (Å²) in [5.41, 5.74) is 2.89. The van der Waals surface area contributed by atoms with Crippen molar-refractivity contribution in [2.45, 2.75) is 13.0 Å². The first kappa shape index (κ1) is 16.8. The van der Waals surface area contributed by atoms with Crippen molar-refractivity contribution in [2.24, 2.45) is 4.99 Å². The number of nitrogens with zero attached hydrogens (tertiary/aromatic N) is 1. The van der Waals surface area contributed by atoms with Gasteiger partial charge in [0.1, 0.15) is 11.6 Å². The van der Waals surface area contributed by atoms with E-state index in [0.29, 0.717) is 4.47 Å². The summed E-state index contributed by atoms with van der Waals surface area (Å²) in [4.78, 5) is 4.48. The number of hydrogen-bond donors (Lipinski definition) is 0. The van der Waals surface area contributed by atoms with Crippen LogP contribution in [-0.2, 0) is 0 Å². The quantitative estimate of drug-likeness (QED) is 0.534. The minimum atomic E-state index is -0.299. The van der Waals surface area contributed by atoms with E-state index in [2.05, 4.69) is 20.9 Å². The van der Waals surface area contributed by atoms with E-state index in [9.17, 15) is 4.39 Å². The Labute approximate surface area is 143 Å². The predicted octanol–water partition coefficient (Wildman–Crippen LogP) is 5.07. The standard InChI is InChI=1S/C17H15BrFNOS/c1-11-9-12(4-6-16(11)21-2)17(20-7-8-22)13-3-5-15(19)14(18)10-13/h3-10,17H,1-2H3. The molecule has 0 aliphatic heterocycles. The lowest BCUT2D eigenvalue weighted by Crippen LogP contribution is -2.01. The summed E-state index contributed by atoms with van der Waals surface area (Å²) in [5, 5.41) is 1.46. The van der Waals surface area contributed by atoms with Crippen LogP contribution >= 0.6 is 28.1 Å². The van der Waals surface area contributed by atoms with Crippen molar-refractivity contribution in [3.05, 3.63) is 63.4 Å². The lowest BCUT2D eigenvalue weighted by atomic mass is 9.97. The van der Waals surface area contributed by atoms with Gasteiger partial charge in [-0.25, -0.2) is 4.39 Å². The number of hydrogen-bond acceptors (Lipinski definition) is 3. The highest BCUT2D eigenvalue weighted by atomic mass is 79.9. The van der Waals surface area contributed by atoms with Crippen LogP contribution in [0.15, 0.2) is 45.9 Å². The molecule has 2 aromatic rings. The fraction of sp³-hybridized carbons (Fsp3) is 0.176. The molecular formula is C17H15BrFNOS. The van der Waals surface area contributed by atoms with Gasteiger partial charge in [-0.05, 0) is 63.8 Å². The normalized spacial score (nSPS) is 12.4. The minimum absolute atomic E-state index is 0.249. The van der Waals surface area contributed by atoms with E-state index in [1.807, 2.05) is 25.1 Å². The molecule has 0 amide bonds. The Kier molecular flexibility index (Phi) is 5.80. The molecular weight excluding hydrogens is 365 g/mol. The lowest BCUT2D eigenvalue weighted by molar-refractivity contribution is 0.411. The Balaban J connectivity index is 2.50. The number of ether oxygens (including phenoxy) is 1. The van der Waals surface area contributed by atoms with Gasteiger partial charge in [-0.3, -0.25) is 4.99 Å². The molecule has 0 saturated heterocycles. The molecule has 22 heavy (non-hydrogen) atoms. The molecule has 5 heteroatoms. The molecule has 1 atom stereocenters. The molecule has 0 aliphatic carbocycles. The minimum Gasteiger partial charge on any atom is -0.496 e. The van der Waals surface area contributed by atoms with E-state index in [4.69, 9.17) is 17.0 Å². The Morgan fingerprint density at radius 3 is 2.50 bits per heavy atom. The maximum absolute atomic E-state index is 13.5. The second-order valence-electron chi connectivity index (χ2n) is 4.74. The Morgan fingerprint density at radius 1 is 1.23 bits per heavy atom. The molecule has 114 valence electrons. The van der Waals surface area contributed by atoms with Crippen LogP contribution < -0.4 is 4.74 Å². The zero-order valence-electron chi connectivity index (χ0n) is 12.2. The lowest BCUT2D eigenvalue weighted by Gasteiger charge is -2.16. The molecule has 0 heterocycles. The summed E-state index contributed by atoms with van der Waals surface area (Å²) in [7, 11) is 1.64. The number of aliphatic imine (C=N–C) groups is 1. The molecule has 0 saturated carbocycles. The molecule has 0 spiro atoms. The van der Waals surface area contributed by atoms with Crippen molar-refractivity contribution in [1.29, 1.82) is 0 Å². The van der Waals surface area contributed by atoms with Crippen LogP contribution in [0.2, 0.25) is 0 Å². The monoisotopic (exact) mass is 379 g/mol. The zero-order chi connectivity index (χ0) is 16.1. The van der Waals surface area contributed by atoms with Gasteiger partial charge in [0.05, 0.1) is 17.6 Å². The molecule has 0 radical (unpaired) electrons. The average molecular weight is 380 g/mol. The van der Waals surface area contributed by atoms with Gasteiger partial charge in [0.25, 0.3) is 0 Å². The van der Waals surface area contributed by atoms with Gasteiger partial charge in [-0.1, -0.05) is 24.4 Å². The number of methoxy groups -OCH3 is 1.